The lowest BCUT2D eigenvalue weighted by molar-refractivity contribution is 0.301. The normalized spacial score (nSPS) is 15.7. The van der Waals surface area contributed by atoms with Gasteiger partial charge in [-0.2, -0.15) is 5.26 Å². The summed E-state index contributed by atoms with van der Waals surface area (Å²) in [4.78, 5) is 24.6. The Kier molecular flexibility index (Phi) is 2.39. The van der Waals surface area contributed by atoms with Crippen molar-refractivity contribution in [1.29, 1.82) is 5.26 Å². The summed E-state index contributed by atoms with van der Waals surface area (Å²) in [5.41, 5.74) is -1.10. The van der Waals surface area contributed by atoms with Crippen LogP contribution in [0.15, 0.2) is 15.8 Å². The number of nitriles is 1. The zero-order valence-corrected chi connectivity index (χ0v) is 7.99. The van der Waals surface area contributed by atoms with Crippen molar-refractivity contribution in [3.05, 3.63) is 32.6 Å². The van der Waals surface area contributed by atoms with Gasteiger partial charge in [0, 0.05) is 31.7 Å². The monoisotopic (exact) mass is 206 g/mol. The Morgan fingerprint density at radius 1 is 1.53 bits per heavy atom. The molecule has 0 bridgehead atoms. The fraction of sp³-hybridized carbons (Fsp3) is 0.444. The van der Waals surface area contributed by atoms with Crippen LogP contribution in [0.25, 0.3) is 0 Å². The van der Waals surface area contributed by atoms with Crippen LogP contribution in [0.1, 0.15) is 5.56 Å². The predicted octanol–water partition coefficient (Wildman–Crippen LogP) is -1.37. The summed E-state index contributed by atoms with van der Waals surface area (Å²) in [6.07, 6.45) is 1.32. The summed E-state index contributed by atoms with van der Waals surface area (Å²) >= 11 is 0. The number of aromatic amines is 1. The molecule has 0 aromatic carbocycles. The molecule has 2 rings (SSSR count). The SMILES string of the molecule is N#Cc1cn(CC2CNC2)c(=O)[nH]c1=O. The highest BCUT2D eigenvalue weighted by Crippen LogP contribution is 2.04. The average Bonchev–Trinajstić information content (AvgIpc) is 2.14. The molecule has 0 aliphatic carbocycles. The Morgan fingerprint density at radius 3 is 2.80 bits per heavy atom. The first-order valence-electron chi connectivity index (χ1n) is 4.65. The quantitative estimate of drug-likeness (QED) is 0.624. The Morgan fingerprint density at radius 2 is 2.27 bits per heavy atom. The smallest absolute Gasteiger partial charge is 0.316 e. The summed E-state index contributed by atoms with van der Waals surface area (Å²) in [5, 5.41) is 11.7. The molecule has 1 aromatic heterocycles. The van der Waals surface area contributed by atoms with Gasteiger partial charge in [-0.05, 0) is 0 Å². The average molecular weight is 206 g/mol. The van der Waals surface area contributed by atoms with Crippen LogP contribution < -0.4 is 16.6 Å². The first kappa shape index (κ1) is 9.68. The van der Waals surface area contributed by atoms with Gasteiger partial charge in [0.05, 0.1) is 0 Å². The van der Waals surface area contributed by atoms with E-state index in [0.29, 0.717) is 12.5 Å². The van der Waals surface area contributed by atoms with Gasteiger partial charge in [-0.1, -0.05) is 0 Å². The Labute approximate surface area is 85.2 Å². The predicted molar refractivity (Wildman–Crippen MR) is 52.4 cm³/mol. The summed E-state index contributed by atoms with van der Waals surface area (Å²) < 4.78 is 1.38. The molecule has 0 atom stereocenters. The fourth-order valence-corrected chi connectivity index (χ4v) is 1.48. The van der Waals surface area contributed by atoms with Crippen molar-refractivity contribution < 1.29 is 0 Å². The molecular formula is C9H10N4O2. The molecule has 1 fully saturated rings. The molecule has 2 heterocycles. The molecule has 0 spiro atoms. The van der Waals surface area contributed by atoms with Crippen LogP contribution in [0.3, 0.4) is 0 Å². The van der Waals surface area contributed by atoms with E-state index in [0.717, 1.165) is 13.1 Å². The highest BCUT2D eigenvalue weighted by Gasteiger charge is 2.18. The van der Waals surface area contributed by atoms with Crippen molar-refractivity contribution in [2.24, 2.45) is 5.92 Å². The molecule has 0 radical (unpaired) electrons. The third kappa shape index (κ3) is 1.82. The third-order valence-electron chi connectivity index (χ3n) is 2.45. The van der Waals surface area contributed by atoms with E-state index in [2.05, 4.69) is 10.3 Å². The molecule has 15 heavy (non-hydrogen) atoms. The fourth-order valence-electron chi connectivity index (χ4n) is 1.48. The zero-order valence-electron chi connectivity index (χ0n) is 7.99. The van der Waals surface area contributed by atoms with Crippen LogP contribution in [-0.4, -0.2) is 22.6 Å². The molecule has 0 saturated carbocycles. The summed E-state index contributed by atoms with van der Waals surface area (Å²) in [6.45, 7) is 2.28. The Hall–Kier alpha value is -1.87. The highest BCUT2D eigenvalue weighted by molar-refractivity contribution is 5.21. The van der Waals surface area contributed by atoms with E-state index in [1.165, 1.54) is 10.8 Å². The number of nitrogens with one attached hydrogen (secondary N) is 2. The lowest BCUT2D eigenvalue weighted by Gasteiger charge is -2.27. The van der Waals surface area contributed by atoms with E-state index in [9.17, 15) is 9.59 Å². The van der Waals surface area contributed by atoms with Crippen molar-refractivity contribution in [1.82, 2.24) is 14.9 Å². The van der Waals surface area contributed by atoms with Gasteiger partial charge >= 0.3 is 5.69 Å². The number of rotatable bonds is 2. The molecular weight excluding hydrogens is 196 g/mol. The number of hydrogen-bond acceptors (Lipinski definition) is 4. The van der Waals surface area contributed by atoms with E-state index in [1.807, 2.05) is 0 Å². The number of hydrogen-bond donors (Lipinski definition) is 2. The van der Waals surface area contributed by atoms with Crippen molar-refractivity contribution in [2.75, 3.05) is 13.1 Å². The van der Waals surface area contributed by atoms with E-state index in [4.69, 9.17) is 5.26 Å². The maximum absolute atomic E-state index is 11.4. The van der Waals surface area contributed by atoms with Crippen molar-refractivity contribution in [3.8, 4) is 6.07 Å². The van der Waals surface area contributed by atoms with Crippen molar-refractivity contribution in [2.45, 2.75) is 6.54 Å². The Bertz CT molecular complexity index is 518. The third-order valence-corrected chi connectivity index (χ3v) is 2.45. The molecule has 1 aliphatic heterocycles. The van der Waals surface area contributed by atoms with E-state index in [-0.39, 0.29) is 5.56 Å². The first-order chi connectivity index (χ1) is 7.20. The lowest BCUT2D eigenvalue weighted by Crippen LogP contribution is -2.46. The maximum Gasteiger partial charge on any atom is 0.328 e. The molecule has 1 aliphatic rings. The summed E-state index contributed by atoms with van der Waals surface area (Å²) in [5.74, 6) is 0.403. The van der Waals surface area contributed by atoms with Crippen molar-refractivity contribution >= 4 is 0 Å². The molecule has 78 valence electrons. The number of aromatic nitrogens is 2. The van der Waals surface area contributed by atoms with Crippen LogP contribution in [0.2, 0.25) is 0 Å². The molecule has 1 saturated heterocycles. The molecule has 2 N–H and O–H groups in total. The lowest BCUT2D eigenvalue weighted by atomic mass is 10.0. The molecule has 1 aromatic rings. The molecule has 6 nitrogen and oxygen atoms in total. The van der Waals surface area contributed by atoms with Crippen LogP contribution in [0.5, 0.6) is 0 Å². The van der Waals surface area contributed by atoms with Crippen LogP contribution in [-0.2, 0) is 6.54 Å². The molecule has 0 amide bonds. The second-order valence-electron chi connectivity index (χ2n) is 3.59. The summed E-state index contributed by atoms with van der Waals surface area (Å²) in [7, 11) is 0. The van der Waals surface area contributed by atoms with Crippen LogP contribution >= 0.6 is 0 Å². The van der Waals surface area contributed by atoms with Crippen LogP contribution in [0, 0.1) is 17.2 Å². The minimum atomic E-state index is -0.620. The second kappa shape index (κ2) is 3.71. The van der Waals surface area contributed by atoms with E-state index in [1.54, 1.807) is 6.07 Å². The summed E-state index contributed by atoms with van der Waals surface area (Å²) in [6, 6.07) is 1.75. The number of H-pyrrole nitrogens is 1. The molecule has 6 heteroatoms. The van der Waals surface area contributed by atoms with Gasteiger partial charge in [0.2, 0.25) is 0 Å². The highest BCUT2D eigenvalue weighted by atomic mass is 16.2. The van der Waals surface area contributed by atoms with Crippen LogP contribution in [0.4, 0.5) is 0 Å². The van der Waals surface area contributed by atoms with Crippen molar-refractivity contribution in [3.63, 3.8) is 0 Å². The maximum atomic E-state index is 11.4. The zero-order chi connectivity index (χ0) is 10.8. The Balaban J connectivity index is 2.34. The standard InChI is InChI=1S/C9H10N4O2/c10-1-7-5-13(4-6-2-11-3-6)9(15)12-8(7)14/h5-6,11H,2-4H2,(H,12,14,15). The van der Waals surface area contributed by atoms with Gasteiger partial charge in [-0.25, -0.2) is 4.79 Å². The minimum Gasteiger partial charge on any atom is -0.316 e. The topological polar surface area (TPSA) is 90.7 Å². The first-order valence-corrected chi connectivity index (χ1v) is 4.65. The van der Waals surface area contributed by atoms with Gasteiger partial charge in [0.25, 0.3) is 5.56 Å². The minimum absolute atomic E-state index is 0.0260. The largest absolute Gasteiger partial charge is 0.328 e. The van der Waals surface area contributed by atoms with Gasteiger partial charge in [-0.3, -0.25) is 14.3 Å². The van der Waals surface area contributed by atoms with Gasteiger partial charge in [0.15, 0.2) is 0 Å². The van der Waals surface area contributed by atoms with Gasteiger partial charge in [-0.15, -0.1) is 0 Å². The number of nitrogens with zero attached hydrogens (tertiary/aromatic N) is 2. The molecule has 0 unspecified atom stereocenters. The second-order valence-corrected chi connectivity index (χ2v) is 3.59. The van der Waals surface area contributed by atoms with E-state index < -0.39 is 11.2 Å². The van der Waals surface area contributed by atoms with E-state index >= 15 is 0 Å². The van der Waals surface area contributed by atoms with Gasteiger partial charge in [0.1, 0.15) is 11.6 Å². The van der Waals surface area contributed by atoms with Gasteiger partial charge < -0.3 is 5.32 Å².